The van der Waals surface area contributed by atoms with Crippen LogP contribution in [-0.4, -0.2) is 26.9 Å². The molecule has 1 aliphatic rings. The summed E-state index contributed by atoms with van der Waals surface area (Å²) in [4.78, 5) is 4.41. The highest BCUT2D eigenvalue weighted by molar-refractivity contribution is 7.09. The van der Waals surface area contributed by atoms with E-state index in [-0.39, 0.29) is 0 Å². The van der Waals surface area contributed by atoms with Crippen molar-refractivity contribution in [1.82, 2.24) is 19.7 Å². The van der Waals surface area contributed by atoms with E-state index in [2.05, 4.69) is 25.8 Å². The minimum absolute atomic E-state index is 0.380. The zero-order valence-electron chi connectivity index (χ0n) is 17.1. The summed E-state index contributed by atoms with van der Waals surface area (Å²) in [7, 11) is 1.60. The van der Waals surface area contributed by atoms with Crippen molar-refractivity contribution in [3.63, 3.8) is 0 Å². The van der Waals surface area contributed by atoms with Gasteiger partial charge in [0.2, 0.25) is 0 Å². The van der Waals surface area contributed by atoms with E-state index in [1.165, 1.54) is 6.42 Å². The maximum Gasteiger partial charge on any atom is 0.174 e. The predicted molar refractivity (Wildman–Crippen MR) is 115 cm³/mol. The number of nitriles is 1. The Morgan fingerprint density at radius 3 is 2.93 bits per heavy atom. The Kier molecular flexibility index (Phi) is 6.10. The molecule has 0 amide bonds. The standard InChI is InChI=1S/C22H23N5O2S/c1-15-24-18(14-30-15)13-29-19-8-7-16(11-20(19)28-2)10-17(12-23)22-26-25-21-6-4-3-5-9-27(21)22/h7-8,10-11,14H,3-6,9,13H2,1-2H3/b17-10+. The quantitative estimate of drug-likeness (QED) is 0.548. The molecule has 0 spiro atoms. The SMILES string of the molecule is COc1cc(/C=C(\C#N)c2nnc3n2CCCCC3)ccc1OCc1csc(C)n1. The van der Waals surface area contributed by atoms with Crippen LogP contribution in [0.2, 0.25) is 0 Å². The summed E-state index contributed by atoms with van der Waals surface area (Å²) in [6.07, 6.45) is 6.09. The Bertz CT molecular complexity index is 1110. The van der Waals surface area contributed by atoms with E-state index in [9.17, 15) is 5.26 Å². The van der Waals surface area contributed by atoms with Gasteiger partial charge in [-0.2, -0.15) is 5.26 Å². The van der Waals surface area contributed by atoms with Crippen LogP contribution >= 0.6 is 11.3 Å². The highest BCUT2D eigenvalue weighted by Crippen LogP contribution is 2.31. The molecule has 0 bridgehead atoms. The van der Waals surface area contributed by atoms with Crippen molar-refractivity contribution in [2.45, 2.75) is 45.8 Å². The average molecular weight is 422 g/mol. The van der Waals surface area contributed by atoms with Crippen molar-refractivity contribution in [2.75, 3.05) is 7.11 Å². The maximum atomic E-state index is 9.76. The van der Waals surface area contributed by atoms with Crippen LogP contribution in [0.1, 0.15) is 47.2 Å². The minimum Gasteiger partial charge on any atom is -0.493 e. The van der Waals surface area contributed by atoms with Crippen LogP contribution in [0.25, 0.3) is 11.6 Å². The number of thiazole rings is 1. The number of aryl methyl sites for hydroxylation is 2. The van der Waals surface area contributed by atoms with Crippen LogP contribution in [0.15, 0.2) is 23.6 Å². The maximum absolute atomic E-state index is 9.76. The molecule has 3 aromatic rings. The van der Waals surface area contributed by atoms with Gasteiger partial charge in [0, 0.05) is 18.3 Å². The molecule has 8 heteroatoms. The summed E-state index contributed by atoms with van der Waals surface area (Å²) < 4.78 is 13.5. The number of fused-ring (bicyclic) bond motifs is 1. The van der Waals surface area contributed by atoms with Crippen molar-refractivity contribution in [2.24, 2.45) is 0 Å². The summed E-state index contributed by atoms with van der Waals surface area (Å²) in [5.74, 6) is 2.83. The average Bonchev–Trinajstić information content (AvgIpc) is 3.29. The van der Waals surface area contributed by atoms with Gasteiger partial charge < -0.3 is 14.0 Å². The molecule has 0 fully saturated rings. The molecule has 0 radical (unpaired) electrons. The third kappa shape index (κ3) is 4.36. The van der Waals surface area contributed by atoms with Crippen molar-refractivity contribution in [3.8, 4) is 17.6 Å². The highest BCUT2D eigenvalue weighted by atomic mass is 32.1. The molecule has 0 saturated carbocycles. The Balaban J connectivity index is 1.58. The van der Waals surface area contributed by atoms with Crippen molar-refractivity contribution < 1.29 is 9.47 Å². The number of allylic oxidation sites excluding steroid dienone is 1. The Hall–Kier alpha value is -3.18. The number of ether oxygens (including phenoxy) is 2. The van der Waals surface area contributed by atoms with Crippen LogP contribution in [-0.2, 0) is 19.6 Å². The fourth-order valence-electron chi connectivity index (χ4n) is 3.52. The molecule has 0 unspecified atom stereocenters. The first kappa shape index (κ1) is 20.1. The zero-order valence-corrected chi connectivity index (χ0v) is 17.9. The van der Waals surface area contributed by atoms with Gasteiger partial charge in [-0.1, -0.05) is 12.5 Å². The lowest BCUT2D eigenvalue weighted by molar-refractivity contribution is 0.281. The van der Waals surface area contributed by atoms with E-state index in [1.54, 1.807) is 18.4 Å². The van der Waals surface area contributed by atoms with Gasteiger partial charge in [-0.3, -0.25) is 0 Å². The normalized spacial score (nSPS) is 14.0. The highest BCUT2D eigenvalue weighted by Gasteiger charge is 2.18. The lowest BCUT2D eigenvalue weighted by atomic mass is 10.1. The van der Waals surface area contributed by atoms with Gasteiger partial charge in [0.05, 0.1) is 23.4 Å². The Morgan fingerprint density at radius 2 is 2.17 bits per heavy atom. The Morgan fingerprint density at radius 1 is 1.27 bits per heavy atom. The fraction of sp³-hybridized carbons (Fsp3) is 0.364. The minimum atomic E-state index is 0.380. The van der Waals surface area contributed by atoms with Gasteiger partial charge in [0.15, 0.2) is 17.3 Å². The largest absolute Gasteiger partial charge is 0.493 e. The molecule has 3 heterocycles. The zero-order chi connectivity index (χ0) is 20.9. The van der Waals surface area contributed by atoms with Gasteiger partial charge in [-0.25, -0.2) is 4.98 Å². The molecule has 0 atom stereocenters. The van der Waals surface area contributed by atoms with E-state index in [1.807, 2.05) is 36.6 Å². The smallest absolute Gasteiger partial charge is 0.174 e. The van der Waals surface area contributed by atoms with Gasteiger partial charge in [0.1, 0.15) is 18.5 Å². The predicted octanol–water partition coefficient (Wildman–Crippen LogP) is 4.42. The van der Waals surface area contributed by atoms with Crippen LogP contribution < -0.4 is 9.47 Å². The molecular formula is C22H23N5O2S. The van der Waals surface area contributed by atoms with Crippen LogP contribution in [0, 0.1) is 18.3 Å². The molecule has 0 aliphatic carbocycles. The molecular weight excluding hydrogens is 398 g/mol. The molecule has 30 heavy (non-hydrogen) atoms. The van der Waals surface area contributed by atoms with Gasteiger partial charge in [-0.05, 0) is 43.5 Å². The third-order valence-electron chi connectivity index (χ3n) is 5.01. The summed E-state index contributed by atoms with van der Waals surface area (Å²) in [5.41, 5.74) is 2.22. The molecule has 0 saturated heterocycles. The van der Waals surface area contributed by atoms with Crippen molar-refractivity contribution in [3.05, 3.63) is 51.5 Å². The molecule has 2 aromatic heterocycles. The first-order chi connectivity index (χ1) is 14.7. The van der Waals surface area contributed by atoms with Crippen molar-refractivity contribution in [1.29, 1.82) is 5.26 Å². The monoisotopic (exact) mass is 421 g/mol. The van der Waals surface area contributed by atoms with E-state index >= 15 is 0 Å². The van der Waals surface area contributed by atoms with E-state index in [0.29, 0.717) is 29.5 Å². The lowest BCUT2D eigenvalue weighted by Crippen LogP contribution is -2.05. The molecule has 7 nitrogen and oxygen atoms in total. The number of hydrogen-bond acceptors (Lipinski definition) is 7. The molecule has 0 N–H and O–H groups in total. The van der Waals surface area contributed by atoms with E-state index < -0.39 is 0 Å². The van der Waals surface area contributed by atoms with Crippen molar-refractivity contribution >= 4 is 23.0 Å². The summed E-state index contributed by atoms with van der Waals surface area (Å²) >= 11 is 1.60. The van der Waals surface area contributed by atoms with Crippen LogP contribution in [0.5, 0.6) is 11.5 Å². The number of methoxy groups -OCH3 is 1. The molecule has 4 rings (SSSR count). The Labute approximate surface area is 179 Å². The number of hydrogen-bond donors (Lipinski definition) is 0. The second-order valence-corrected chi connectivity index (χ2v) is 8.19. The number of aromatic nitrogens is 4. The number of rotatable bonds is 6. The van der Waals surface area contributed by atoms with Crippen LogP contribution in [0.3, 0.4) is 0 Å². The molecule has 1 aromatic carbocycles. The topological polar surface area (TPSA) is 85.8 Å². The fourth-order valence-corrected chi connectivity index (χ4v) is 4.11. The molecule has 1 aliphatic heterocycles. The summed E-state index contributed by atoms with van der Waals surface area (Å²) in [6.45, 7) is 3.20. The third-order valence-corrected chi connectivity index (χ3v) is 5.83. The first-order valence-corrected chi connectivity index (χ1v) is 10.8. The van der Waals surface area contributed by atoms with Gasteiger partial charge >= 0.3 is 0 Å². The second-order valence-electron chi connectivity index (χ2n) is 7.13. The summed E-state index contributed by atoms with van der Waals surface area (Å²) in [6, 6.07) is 7.90. The second kappa shape index (κ2) is 9.09. The van der Waals surface area contributed by atoms with Crippen LogP contribution in [0.4, 0.5) is 0 Å². The van der Waals surface area contributed by atoms with E-state index in [0.717, 1.165) is 47.9 Å². The first-order valence-electron chi connectivity index (χ1n) is 9.94. The summed E-state index contributed by atoms with van der Waals surface area (Å²) in [5, 5.41) is 21.4. The van der Waals surface area contributed by atoms with Gasteiger partial charge in [-0.15, -0.1) is 21.5 Å². The number of benzene rings is 1. The lowest BCUT2D eigenvalue weighted by Gasteiger charge is -2.11. The number of nitrogens with zero attached hydrogens (tertiary/aromatic N) is 5. The van der Waals surface area contributed by atoms with Gasteiger partial charge in [0.25, 0.3) is 0 Å². The van der Waals surface area contributed by atoms with E-state index in [4.69, 9.17) is 9.47 Å². The molecule has 154 valence electrons.